The van der Waals surface area contributed by atoms with Crippen molar-refractivity contribution >= 4 is 0 Å². The highest BCUT2D eigenvalue weighted by Crippen LogP contribution is 2.18. The molecular formula is C10H15NO2. The third kappa shape index (κ3) is 2.72. The number of hydrogen-bond donors (Lipinski definition) is 2. The van der Waals surface area contributed by atoms with E-state index in [0.717, 1.165) is 11.3 Å². The quantitative estimate of drug-likeness (QED) is 0.725. The maximum atomic E-state index is 8.80. The van der Waals surface area contributed by atoms with Gasteiger partial charge in [0.2, 0.25) is 0 Å². The Kier molecular flexibility index (Phi) is 3.73. The number of benzene rings is 1. The molecule has 0 radical (unpaired) electrons. The van der Waals surface area contributed by atoms with Crippen LogP contribution < -0.4 is 10.5 Å². The van der Waals surface area contributed by atoms with Gasteiger partial charge in [-0.2, -0.15) is 0 Å². The van der Waals surface area contributed by atoms with Crippen LogP contribution in [0.25, 0.3) is 0 Å². The van der Waals surface area contributed by atoms with Gasteiger partial charge in [-0.25, -0.2) is 0 Å². The molecule has 0 spiro atoms. The Morgan fingerprint density at radius 3 is 2.77 bits per heavy atom. The zero-order chi connectivity index (χ0) is 9.68. The van der Waals surface area contributed by atoms with Crippen LogP contribution in [0.5, 0.6) is 5.75 Å². The molecular weight excluding hydrogens is 166 g/mol. The Morgan fingerprint density at radius 2 is 2.15 bits per heavy atom. The molecule has 0 aliphatic carbocycles. The van der Waals surface area contributed by atoms with Crippen LogP contribution in [0, 0.1) is 0 Å². The molecule has 13 heavy (non-hydrogen) atoms. The molecule has 0 saturated heterocycles. The molecule has 3 nitrogen and oxygen atoms in total. The van der Waals surface area contributed by atoms with Crippen LogP contribution in [0.15, 0.2) is 24.3 Å². The van der Waals surface area contributed by atoms with Gasteiger partial charge in [0.15, 0.2) is 0 Å². The number of aliphatic hydroxyl groups excluding tert-OH is 1. The zero-order valence-corrected chi connectivity index (χ0v) is 7.73. The first-order valence-corrected chi connectivity index (χ1v) is 4.33. The predicted molar refractivity (Wildman–Crippen MR) is 51.5 cm³/mol. The van der Waals surface area contributed by atoms with Gasteiger partial charge in [0, 0.05) is 12.1 Å². The van der Waals surface area contributed by atoms with Crippen molar-refractivity contribution in [2.45, 2.75) is 19.6 Å². The fourth-order valence-corrected chi connectivity index (χ4v) is 1.04. The van der Waals surface area contributed by atoms with Crippen molar-refractivity contribution in [3.63, 3.8) is 0 Å². The van der Waals surface area contributed by atoms with Gasteiger partial charge in [0.1, 0.15) is 11.9 Å². The van der Waals surface area contributed by atoms with E-state index in [1.165, 1.54) is 0 Å². The van der Waals surface area contributed by atoms with Crippen molar-refractivity contribution in [2.24, 2.45) is 5.73 Å². The highest BCUT2D eigenvalue weighted by molar-refractivity contribution is 5.33. The van der Waals surface area contributed by atoms with Gasteiger partial charge in [-0.3, -0.25) is 0 Å². The Hall–Kier alpha value is -1.06. The van der Waals surface area contributed by atoms with E-state index in [4.69, 9.17) is 15.6 Å². The molecule has 1 aromatic carbocycles. The monoisotopic (exact) mass is 181 g/mol. The number of rotatable bonds is 4. The van der Waals surface area contributed by atoms with Crippen molar-refractivity contribution in [3.8, 4) is 5.75 Å². The number of nitrogens with two attached hydrogens (primary N) is 1. The SMILES string of the molecule is C[C@@H](CO)Oc1ccccc1CN. The fourth-order valence-electron chi connectivity index (χ4n) is 1.04. The summed E-state index contributed by atoms with van der Waals surface area (Å²) in [7, 11) is 0. The molecule has 1 aromatic rings. The lowest BCUT2D eigenvalue weighted by atomic mass is 10.2. The first-order chi connectivity index (χ1) is 6.27. The van der Waals surface area contributed by atoms with Crippen LogP contribution in [0.3, 0.4) is 0 Å². The summed E-state index contributed by atoms with van der Waals surface area (Å²) in [5, 5.41) is 8.80. The first kappa shape index (κ1) is 10.0. The third-order valence-corrected chi connectivity index (χ3v) is 1.78. The van der Waals surface area contributed by atoms with Gasteiger partial charge in [-0.05, 0) is 13.0 Å². The minimum absolute atomic E-state index is 0.0128. The van der Waals surface area contributed by atoms with E-state index in [9.17, 15) is 0 Å². The molecule has 1 atom stereocenters. The molecule has 1 rings (SSSR count). The summed E-state index contributed by atoms with van der Waals surface area (Å²) in [5.41, 5.74) is 6.49. The molecule has 0 heterocycles. The lowest BCUT2D eigenvalue weighted by Crippen LogP contribution is -2.17. The van der Waals surface area contributed by atoms with Crippen molar-refractivity contribution < 1.29 is 9.84 Å². The average molecular weight is 181 g/mol. The Bertz CT molecular complexity index is 263. The second-order valence-electron chi connectivity index (χ2n) is 2.92. The van der Waals surface area contributed by atoms with Crippen molar-refractivity contribution in [1.82, 2.24) is 0 Å². The second-order valence-corrected chi connectivity index (χ2v) is 2.92. The second kappa shape index (κ2) is 4.84. The van der Waals surface area contributed by atoms with Crippen molar-refractivity contribution in [3.05, 3.63) is 29.8 Å². The lowest BCUT2D eigenvalue weighted by molar-refractivity contribution is 0.129. The molecule has 0 unspecified atom stereocenters. The van der Waals surface area contributed by atoms with E-state index >= 15 is 0 Å². The van der Waals surface area contributed by atoms with E-state index < -0.39 is 0 Å². The standard InChI is InChI=1S/C10H15NO2/c1-8(7-12)13-10-5-3-2-4-9(10)6-11/h2-5,8,12H,6-7,11H2,1H3/t8-/m0/s1. The highest BCUT2D eigenvalue weighted by atomic mass is 16.5. The summed E-state index contributed by atoms with van der Waals surface area (Å²) < 4.78 is 5.46. The predicted octanol–water partition coefficient (Wildman–Crippen LogP) is 0.905. The molecule has 3 heteroatoms. The molecule has 72 valence electrons. The van der Waals surface area contributed by atoms with Gasteiger partial charge in [-0.15, -0.1) is 0 Å². The molecule has 0 aliphatic rings. The number of para-hydroxylation sites is 1. The minimum Gasteiger partial charge on any atom is -0.488 e. The van der Waals surface area contributed by atoms with Crippen LogP contribution in [-0.4, -0.2) is 17.8 Å². The van der Waals surface area contributed by atoms with E-state index in [1.54, 1.807) is 0 Å². The van der Waals surface area contributed by atoms with Crippen LogP contribution >= 0.6 is 0 Å². The Labute approximate surface area is 78.1 Å². The Morgan fingerprint density at radius 1 is 1.46 bits per heavy atom. The number of ether oxygens (including phenoxy) is 1. The number of aliphatic hydroxyl groups is 1. The maximum Gasteiger partial charge on any atom is 0.124 e. The third-order valence-electron chi connectivity index (χ3n) is 1.78. The van der Waals surface area contributed by atoms with E-state index in [-0.39, 0.29) is 12.7 Å². The normalized spacial score (nSPS) is 12.5. The Balaban J connectivity index is 2.74. The zero-order valence-electron chi connectivity index (χ0n) is 7.73. The molecule has 0 amide bonds. The summed E-state index contributed by atoms with van der Waals surface area (Å²) in [5.74, 6) is 0.756. The van der Waals surface area contributed by atoms with Crippen molar-refractivity contribution in [2.75, 3.05) is 6.61 Å². The summed E-state index contributed by atoms with van der Waals surface area (Å²) in [6, 6.07) is 7.57. The molecule has 3 N–H and O–H groups in total. The van der Waals surface area contributed by atoms with Gasteiger partial charge >= 0.3 is 0 Å². The largest absolute Gasteiger partial charge is 0.488 e. The van der Waals surface area contributed by atoms with Crippen LogP contribution in [0.1, 0.15) is 12.5 Å². The van der Waals surface area contributed by atoms with Crippen LogP contribution in [0.4, 0.5) is 0 Å². The van der Waals surface area contributed by atoms with E-state index in [0.29, 0.717) is 6.54 Å². The van der Waals surface area contributed by atoms with E-state index in [1.807, 2.05) is 31.2 Å². The average Bonchev–Trinajstić information content (AvgIpc) is 2.18. The van der Waals surface area contributed by atoms with Crippen LogP contribution in [-0.2, 0) is 6.54 Å². The minimum atomic E-state index is -0.187. The van der Waals surface area contributed by atoms with Crippen molar-refractivity contribution in [1.29, 1.82) is 0 Å². The lowest BCUT2D eigenvalue weighted by Gasteiger charge is -2.14. The van der Waals surface area contributed by atoms with Gasteiger partial charge in [0.05, 0.1) is 6.61 Å². The topological polar surface area (TPSA) is 55.5 Å². The summed E-state index contributed by atoms with van der Waals surface area (Å²) >= 11 is 0. The fraction of sp³-hybridized carbons (Fsp3) is 0.400. The summed E-state index contributed by atoms with van der Waals surface area (Å²) in [6.07, 6.45) is -0.187. The molecule has 0 aliphatic heterocycles. The highest BCUT2D eigenvalue weighted by Gasteiger charge is 2.04. The molecule has 0 aromatic heterocycles. The van der Waals surface area contributed by atoms with Gasteiger partial charge in [-0.1, -0.05) is 18.2 Å². The maximum absolute atomic E-state index is 8.80. The van der Waals surface area contributed by atoms with E-state index in [2.05, 4.69) is 0 Å². The molecule has 0 bridgehead atoms. The number of hydrogen-bond acceptors (Lipinski definition) is 3. The van der Waals surface area contributed by atoms with Gasteiger partial charge in [0.25, 0.3) is 0 Å². The van der Waals surface area contributed by atoms with Crippen LogP contribution in [0.2, 0.25) is 0 Å². The smallest absolute Gasteiger partial charge is 0.124 e. The summed E-state index contributed by atoms with van der Waals surface area (Å²) in [6.45, 7) is 2.28. The first-order valence-electron chi connectivity index (χ1n) is 4.33. The van der Waals surface area contributed by atoms with Gasteiger partial charge < -0.3 is 15.6 Å². The molecule has 0 fully saturated rings. The summed E-state index contributed by atoms with van der Waals surface area (Å²) in [4.78, 5) is 0. The molecule has 0 saturated carbocycles.